The molecule has 0 aliphatic carbocycles. The van der Waals surface area contributed by atoms with E-state index in [0.717, 1.165) is 77.3 Å². The smallest absolute Gasteiger partial charge is 0.164 e. The molecule has 0 saturated heterocycles. The Balaban J connectivity index is 0.949. The lowest BCUT2D eigenvalue weighted by molar-refractivity contribution is 0.668. The molecule has 0 amide bonds. The van der Waals surface area contributed by atoms with Crippen molar-refractivity contribution in [1.82, 2.24) is 15.0 Å². The van der Waals surface area contributed by atoms with Crippen molar-refractivity contribution in [2.75, 3.05) is 0 Å². The zero-order valence-electron chi connectivity index (χ0n) is 34.4. The first-order valence-corrected chi connectivity index (χ1v) is 21.5. The second-order valence-electron chi connectivity index (χ2n) is 16.3. The predicted octanol–water partition coefficient (Wildman–Crippen LogP) is 16.0. The average molecular weight is 818 g/mol. The molecule has 0 saturated carbocycles. The van der Waals surface area contributed by atoms with Gasteiger partial charge in [-0.05, 0) is 97.4 Å². The summed E-state index contributed by atoms with van der Waals surface area (Å²) in [5.41, 5.74) is 13.0. The van der Waals surface area contributed by atoms with E-state index < -0.39 is 0 Å². The molecular weight excluding hydrogens is 783 g/mol. The second kappa shape index (κ2) is 14.5. The highest BCUT2D eigenvalue weighted by Gasteiger charge is 2.21. The predicted molar refractivity (Wildman–Crippen MR) is 262 cm³/mol. The van der Waals surface area contributed by atoms with Gasteiger partial charge in [0.05, 0.1) is 0 Å². The number of fused-ring (bicyclic) bond motifs is 9. The van der Waals surface area contributed by atoms with Crippen molar-refractivity contribution < 1.29 is 8.83 Å². The molecule has 0 aliphatic rings. The monoisotopic (exact) mass is 817 g/mol. The molecule has 3 heterocycles. The van der Waals surface area contributed by atoms with Gasteiger partial charge >= 0.3 is 0 Å². The van der Waals surface area contributed by atoms with E-state index in [9.17, 15) is 0 Å². The van der Waals surface area contributed by atoms with Crippen LogP contribution in [0.2, 0.25) is 0 Å². The van der Waals surface area contributed by atoms with Gasteiger partial charge in [0.15, 0.2) is 17.5 Å². The van der Waals surface area contributed by atoms with Gasteiger partial charge in [-0.25, -0.2) is 15.0 Å². The first-order chi connectivity index (χ1) is 31.7. The number of hydrogen-bond donors (Lipinski definition) is 0. The van der Waals surface area contributed by atoms with Gasteiger partial charge in [-0.3, -0.25) is 0 Å². The standard InChI is InChI=1S/C59H35N3O2/c1-3-14-37(15-4-1)54-46-21-9-7-18-43(46)44-19-8-10-22-47(44)55(54)40-30-32-52-49(34-40)56-42(23-13-25-53(56)64-52)36-26-28-39(29-27-36)58-60-57(38-16-5-2-6-17-38)61-59(62-58)41-31-33-51-48(35-41)45-20-11-12-24-50(45)63-51/h1-35H. The summed E-state index contributed by atoms with van der Waals surface area (Å²) in [6.07, 6.45) is 0. The maximum atomic E-state index is 6.59. The molecule has 64 heavy (non-hydrogen) atoms. The number of para-hydroxylation sites is 1. The number of rotatable bonds is 6. The minimum atomic E-state index is 0.597. The highest BCUT2D eigenvalue weighted by molar-refractivity contribution is 6.22. The van der Waals surface area contributed by atoms with Gasteiger partial charge in [-0.1, -0.05) is 170 Å². The maximum Gasteiger partial charge on any atom is 0.164 e. The fourth-order valence-corrected chi connectivity index (χ4v) is 9.58. The van der Waals surface area contributed by atoms with E-state index in [-0.39, 0.29) is 0 Å². The molecule has 0 bridgehead atoms. The van der Waals surface area contributed by atoms with Crippen LogP contribution in [0.1, 0.15) is 0 Å². The van der Waals surface area contributed by atoms with Crippen LogP contribution in [0.4, 0.5) is 0 Å². The molecule has 5 heteroatoms. The highest BCUT2D eigenvalue weighted by atomic mass is 16.3. The van der Waals surface area contributed by atoms with Crippen LogP contribution in [0, 0.1) is 0 Å². The Labute approximate surface area is 367 Å². The molecule has 0 N–H and O–H groups in total. The van der Waals surface area contributed by atoms with Gasteiger partial charge < -0.3 is 8.83 Å². The van der Waals surface area contributed by atoms with Gasteiger partial charge in [0.2, 0.25) is 0 Å². The molecule has 0 radical (unpaired) electrons. The summed E-state index contributed by atoms with van der Waals surface area (Å²) in [6, 6.07) is 74.1. The lowest BCUT2D eigenvalue weighted by Gasteiger charge is -2.18. The molecule has 5 nitrogen and oxygen atoms in total. The molecule has 0 aliphatic heterocycles. The van der Waals surface area contributed by atoms with Crippen LogP contribution in [0.5, 0.6) is 0 Å². The molecule has 0 atom stereocenters. The summed E-state index contributed by atoms with van der Waals surface area (Å²) >= 11 is 0. The van der Waals surface area contributed by atoms with Crippen molar-refractivity contribution in [3.8, 4) is 67.5 Å². The van der Waals surface area contributed by atoms with Crippen molar-refractivity contribution in [2.45, 2.75) is 0 Å². The van der Waals surface area contributed by atoms with Crippen molar-refractivity contribution in [1.29, 1.82) is 0 Å². The van der Waals surface area contributed by atoms with E-state index >= 15 is 0 Å². The number of nitrogens with zero attached hydrogens (tertiary/aromatic N) is 3. The van der Waals surface area contributed by atoms with Crippen molar-refractivity contribution in [3.63, 3.8) is 0 Å². The lowest BCUT2D eigenvalue weighted by Crippen LogP contribution is -2.00. The highest BCUT2D eigenvalue weighted by Crippen LogP contribution is 2.46. The van der Waals surface area contributed by atoms with E-state index in [1.807, 2.05) is 60.7 Å². The number of aromatic nitrogens is 3. The molecule has 0 spiro atoms. The SMILES string of the molecule is c1ccc(-c2nc(-c3ccc(-c4cccc5oc6ccc(-c7c(-c8ccccc8)c8ccccc8c8ccccc78)cc6c45)cc3)nc(-c3ccc4oc5ccccc5c4c3)n2)cc1. The first-order valence-electron chi connectivity index (χ1n) is 21.5. The summed E-state index contributed by atoms with van der Waals surface area (Å²) in [5, 5.41) is 9.16. The van der Waals surface area contributed by atoms with Crippen LogP contribution in [0.15, 0.2) is 221 Å². The summed E-state index contributed by atoms with van der Waals surface area (Å²) in [6.45, 7) is 0. The van der Waals surface area contributed by atoms with E-state index in [2.05, 4.69) is 152 Å². The van der Waals surface area contributed by atoms with Crippen LogP contribution in [0.3, 0.4) is 0 Å². The van der Waals surface area contributed by atoms with E-state index in [1.54, 1.807) is 0 Å². The van der Waals surface area contributed by atoms with Gasteiger partial charge in [0.1, 0.15) is 22.3 Å². The third kappa shape index (κ3) is 5.83. The van der Waals surface area contributed by atoms with Crippen LogP contribution in [0.25, 0.3) is 133 Å². The van der Waals surface area contributed by atoms with E-state index in [4.69, 9.17) is 23.8 Å². The van der Waals surface area contributed by atoms with Gasteiger partial charge in [-0.2, -0.15) is 0 Å². The average Bonchev–Trinajstić information content (AvgIpc) is 3.94. The maximum absolute atomic E-state index is 6.59. The molecule has 0 unspecified atom stereocenters. The Hall–Kier alpha value is -8.67. The second-order valence-corrected chi connectivity index (χ2v) is 16.3. The zero-order valence-corrected chi connectivity index (χ0v) is 34.4. The largest absolute Gasteiger partial charge is 0.456 e. The third-order valence-electron chi connectivity index (χ3n) is 12.5. The molecular formula is C59H35N3O2. The van der Waals surface area contributed by atoms with Crippen molar-refractivity contribution in [3.05, 3.63) is 212 Å². The van der Waals surface area contributed by atoms with Crippen LogP contribution in [-0.4, -0.2) is 15.0 Å². The van der Waals surface area contributed by atoms with E-state index in [1.165, 1.54) is 38.2 Å². The Morgan fingerprint density at radius 1 is 0.250 bits per heavy atom. The fourth-order valence-electron chi connectivity index (χ4n) is 9.58. The lowest BCUT2D eigenvalue weighted by atomic mass is 9.84. The van der Waals surface area contributed by atoms with Gasteiger partial charge in [-0.15, -0.1) is 0 Å². The quantitative estimate of drug-likeness (QED) is 0.156. The minimum Gasteiger partial charge on any atom is -0.456 e. The number of hydrogen-bond acceptors (Lipinski definition) is 5. The Kier molecular flexibility index (Phi) is 8.15. The zero-order chi connectivity index (χ0) is 42.1. The normalized spacial score (nSPS) is 11.8. The van der Waals surface area contributed by atoms with Crippen LogP contribution < -0.4 is 0 Å². The number of benzene rings is 10. The summed E-state index contributed by atoms with van der Waals surface area (Å²) in [4.78, 5) is 15.1. The molecule has 298 valence electrons. The minimum absolute atomic E-state index is 0.597. The molecule has 13 aromatic rings. The van der Waals surface area contributed by atoms with E-state index in [0.29, 0.717) is 17.5 Å². The van der Waals surface area contributed by atoms with Crippen molar-refractivity contribution >= 4 is 65.4 Å². The first kappa shape index (κ1) is 36.0. The number of furan rings is 2. The Morgan fingerprint density at radius 2 is 0.688 bits per heavy atom. The van der Waals surface area contributed by atoms with Gasteiger partial charge in [0.25, 0.3) is 0 Å². The summed E-state index contributed by atoms with van der Waals surface area (Å²) < 4.78 is 12.7. The molecule has 3 aromatic heterocycles. The Bertz CT molecular complexity index is 3950. The third-order valence-corrected chi connectivity index (χ3v) is 12.5. The molecule has 0 fully saturated rings. The van der Waals surface area contributed by atoms with Crippen LogP contribution >= 0.6 is 0 Å². The summed E-state index contributed by atoms with van der Waals surface area (Å²) in [5.74, 6) is 1.81. The summed E-state index contributed by atoms with van der Waals surface area (Å²) in [7, 11) is 0. The Morgan fingerprint density at radius 3 is 1.38 bits per heavy atom. The molecule has 10 aromatic carbocycles. The fraction of sp³-hybridized carbons (Fsp3) is 0. The van der Waals surface area contributed by atoms with Gasteiger partial charge in [0, 0.05) is 38.2 Å². The van der Waals surface area contributed by atoms with Crippen molar-refractivity contribution in [2.24, 2.45) is 0 Å². The molecule has 13 rings (SSSR count). The van der Waals surface area contributed by atoms with Crippen LogP contribution in [-0.2, 0) is 0 Å². The topological polar surface area (TPSA) is 65.0 Å².